The van der Waals surface area contributed by atoms with Gasteiger partial charge in [0.25, 0.3) is 0 Å². The molecule has 0 saturated heterocycles. The first-order valence-electron chi connectivity index (χ1n) is 7.34. The van der Waals surface area contributed by atoms with E-state index in [1.807, 2.05) is 12.1 Å². The van der Waals surface area contributed by atoms with Crippen molar-refractivity contribution < 1.29 is 14.4 Å². The maximum absolute atomic E-state index is 11.7. The number of ether oxygens (including phenoxy) is 1. The Morgan fingerprint density at radius 2 is 2.12 bits per heavy atom. The Balaban J connectivity index is 1.89. The molecule has 2 rings (SSSR count). The molecule has 0 saturated carbocycles. The van der Waals surface area contributed by atoms with Crippen molar-refractivity contribution in [3.8, 4) is 5.75 Å². The number of halogens is 1. The largest absolute Gasteiger partial charge is 0.481 e. The first kappa shape index (κ1) is 17.9. The van der Waals surface area contributed by atoms with E-state index in [-0.39, 0.29) is 12.4 Å². The van der Waals surface area contributed by atoms with Gasteiger partial charge in [0, 0.05) is 6.20 Å². The topological polar surface area (TPSA) is 86.8 Å². The third kappa shape index (κ3) is 5.06. The second-order valence-electron chi connectivity index (χ2n) is 5.29. The molecule has 2 N–H and O–H groups in total. The van der Waals surface area contributed by atoms with Crippen molar-refractivity contribution in [1.29, 1.82) is 0 Å². The minimum Gasteiger partial charge on any atom is -0.481 e. The molecule has 0 unspecified atom stereocenters. The monoisotopic (exact) mass is 391 g/mol. The molecule has 0 bridgehead atoms. The zero-order chi connectivity index (χ0) is 17.5. The number of aromatic nitrogens is 1. The average molecular weight is 392 g/mol. The van der Waals surface area contributed by atoms with Crippen molar-refractivity contribution in [1.82, 2.24) is 4.98 Å². The maximum Gasteiger partial charge on any atom is 0.372 e. The Labute approximate surface area is 148 Å². The fourth-order valence-electron chi connectivity index (χ4n) is 1.82. The van der Waals surface area contributed by atoms with Crippen molar-refractivity contribution in [2.75, 3.05) is 6.61 Å². The van der Waals surface area contributed by atoms with Crippen LogP contribution in [0.4, 0.5) is 0 Å². The maximum atomic E-state index is 11.7. The highest BCUT2D eigenvalue weighted by molar-refractivity contribution is 9.10. The Morgan fingerprint density at radius 1 is 1.33 bits per heavy atom. The number of benzene rings is 1. The molecule has 1 aromatic carbocycles. The minimum atomic E-state index is -0.659. The molecule has 0 amide bonds. The van der Waals surface area contributed by atoms with E-state index in [0.717, 1.165) is 4.47 Å². The van der Waals surface area contributed by atoms with Crippen LogP contribution in [0.1, 0.15) is 31.0 Å². The molecule has 1 aromatic heterocycles. The van der Waals surface area contributed by atoms with E-state index in [1.165, 1.54) is 5.56 Å². The predicted octanol–water partition coefficient (Wildman–Crippen LogP) is 3.21. The van der Waals surface area contributed by atoms with Crippen LogP contribution in [0.5, 0.6) is 5.75 Å². The summed E-state index contributed by atoms with van der Waals surface area (Å²) in [6, 6.07) is 10.9. The van der Waals surface area contributed by atoms with Crippen LogP contribution in [0.3, 0.4) is 0 Å². The lowest BCUT2D eigenvalue weighted by Crippen LogP contribution is -2.18. The molecule has 0 radical (unpaired) electrons. The molecule has 0 fully saturated rings. The third-order valence-corrected chi connectivity index (χ3v) is 3.76. The van der Waals surface area contributed by atoms with Crippen molar-refractivity contribution >= 4 is 27.7 Å². The van der Waals surface area contributed by atoms with Gasteiger partial charge in [-0.3, -0.25) is 4.98 Å². The second-order valence-corrected chi connectivity index (χ2v) is 6.14. The lowest BCUT2D eigenvalue weighted by molar-refractivity contribution is -0.146. The molecular weight excluding hydrogens is 374 g/mol. The molecule has 7 heteroatoms. The Morgan fingerprint density at radius 3 is 2.75 bits per heavy atom. The van der Waals surface area contributed by atoms with Crippen molar-refractivity contribution in [2.24, 2.45) is 10.9 Å². The molecule has 1 heterocycles. The summed E-state index contributed by atoms with van der Waals surface area (Å²) >= 11 is 3.43. The number of amidine groups is 1. The van der Waals surface area contributed by atoms with E-state index < -0.39 is 5.97 Å². The van der Waals surface area contributed by atoms with Gasteiger partial charge in [-0.05, 0) is 51.7 Å². The number of carbonyl (C=O) groups excluding carboxylic acids is 1. The molecule has 126 valence electrons. The number of nitrogens with zero attached hydrogens (tertiary/aromatic N) is 2. The van der Waals surface area contributed by atoms with Crippen LogP contribution in [0.25, 0.3) is 0 Å². The van der Waals surface area contributed by atoms with E-state index in [9.17, 15) is 4.79 Å². The lowest BCUT2D eigenvalue weighted by Gasteiger charge is -2.10. The predicted molar refractivity (Wildman–Crippen MR) is 94.8 cm³/mol. The average Bonchev–Trinajstić information content (AvgIpc) is 2.59. The Kier molecular flexibility index (Phi) is 6.31. The second kappa shape index (κ2) is 8.44. The van der Waals surface area contributed by atoms with Crippen LogP contribution < -0.4 is 10.5 Å². The van der Waals surface area contributed by atoms with Crippen molar-refractivity contribution in [3.63, 3.8) is 0 Å². The summed E-state index contributed by atoms with van der Waals surface area (Å²) in [5, 5.41) is 3.56. The van der Waals surface area contributed by atoms with Gasteiger partial charge < -0.3 is 15.3 Å². The number of hydrogen-bond donors (Lipinski definition) is 1. The van der Waals surface area contributed by atoms with E-state index in [4.69, 9.17) is 15.3 Å². The van der Waals surface area contributed by atoms with Gasteiger partial charge in [0.15, 0.2) is 12.4 Å². The summed E-state index contributed by atoms with van der Waals surface area (Å²) in [5.74, 6) is 0.322. The van der Waals surface area contributed by atoms with Crippen LogP contribution in [0.15, 0.2) is 52.2 Å². The summed E-state index contributed by atoms with van der Waals surface area (Å²) in [6.07, 6.45) is 1.57. The van der Waals surface area contributed by atoms with Crippen LogP contribution in [0, 0.1) is 0 Å². The molecule has 24 heavy (non-hydrogen) atoms. The Hall–Kier alpha value is -2.41. The fourth-order valence-corrected chi connectivity index (χ4v) is 2.33. The van der Waals surface area contributed by atoms with Crippen molar-refractivity contribution in [3.05, 3.63) is 58.3 Å². The minimum absolute atomic E-state index is 0.0198. The van der Waals surface area contributed by atoms with E-state index >= 15 is 0 Å². The number of hydrogen-bond acceptors (Lipinski definition) is 5. The zero-order valence-corrected chi connectivity index (χ0v) is 15.0. The van der Waals surface area contributed by atoms with Gasteiger partial charge in [-0.1, -0.05) is 31.1 Å². The first-order chi connectivity index (χ1) is 11.5. The zero-order valence-electron chi connectivity index (χ0n) is 13.4. The summed E-state index contributed by atoms with van der Waals surface area (Å²) in [5.41, 5.74) is 7.28. The number of rotatable bonds is 6. The summed E-state index contributed by atoms with van der Waals surface area (Å²) in [7, 11) is 0. The molecule has 6 nitrogen and oxygen atoms in total. The number of nitrogens with two attached hydrogens (primary N) is 1. The van der Waals surface area contributed by atoms with E-state index in [2.05, 4.69) is 39.9 Å². The normalized spacial score (nSPS) is 11.4. The molecule has 0 aliphatic carbocycles. The van der Waals surface area contributed by atoms with Gasteiger partial charge in [0.2, 0.25) is 0 Å². The Bertz CT molecular complexity index is 733. The molecule has 0 spiro atoms. The van der Waals surface area contributed by atoms with Crippen LogP contribution >= 0.6 is 15.9 Å². The molecule has 0 aliphatic heterocycles. The van der Waals surface area contributed by atoms with Gasteiger partial charge in [-0.15, -0.1) is 0 Å². The summed E-state index contributed by atoms with van der Waals surface area (Å²) in [4.78, 5) is 20.4. The van der Waals surface area contributed by atoms with Gasteiger partial charge in [0.1, 0.15) is 11.4 Å². The quantitative estimate of drug-likeness (QED) is 0.353. The lowest BCUT2D eigenvalue weighted by atomic mass is 10.0. The molecule has 2 aromatic rings. The van der Waals surface area contributed by atoms with Gasteiger partial charge in [-0.2, -0.15) is 0 Å². The van der Waals surface area contributed by atoms with Crippen molar-refractivity contribution in [2.45, 2.75) is 19.8 Å². The summed E-state index contributed by atoms with van der Waals surface area (Å²) in [6.45, 7) is 3.92. The van der Waals surface area contributed by atoms with Crippen LogP contribution in [-0.4, -0.2) is 23.4 Å². The number of oxime groups is 1. The SMILES string of the molecule is CC(C)c1ccc(OCC(=O)ON=C(N)c2ccccn2)c(Br)c1. The smallest absolute Gasteiger partial charge is 0.372 e. The van der Waals surface area contributed by atoms with Crippen LogP contribution in [0.2, 0.25) is 0 Å². The molecule has 0 atom stereocenters. The first-order valence-corrected chi connectivity index (χ1v) is 8.13. The number of carbonyl (C=O) groups is 1. The fraction of sp³-hybridized carbons (Fsp3) is 0.235. The highest BCUT2D eigenvalue weighted by atomic mass is 79.9. The van der Waals surface area contributed by atoms with Gasteiger partial charge in [0.05, 0.1) is 4.47 Å². The highest BCUT2D eigenvalue weighted by Crippen LogP contribution is 2.28. The van der Waals surface area contributed by atoms with E-state index in [1.54, 1.807) is 30.5 Å². The third-order valence-electron chi connectivity index (χ3n) is 3.14. The van der Waals surface area contributed by atoms with Gasteiger partial charge >= 0.3 is 5.97 Å². The standard InChI is InChI=1S/C17H18BrN3O3/c1-11(2)12-6-7-15(13(18)9-12)23-10-16(22)24-21-17(19)14-5-3-4-8-20-14/h3-9,11H,10H2,1-2H3,(H2,19,21). The summed E-state index contributed by atoms with van der Waals surface area (Å²) < 4.78 is 6.20. The van der Waals surface area contributed by atoms with Gasteiger partial charge in [-0.25, -0.2) is 4.79 Å². The van der Waals surface area contributed by atoms with Crippen LogP contribution in [-0.2, 0) is 9.63 Å². The highest BCUT2D eigenvalue weighted by Gasteiger charge is 2.09. The molecular formula is C17H18BrN3O3. The van der Waals surface area contributed by atoms with E-state index in [0.29, 0.717) is 17.4 Å². The number of pyridine rings is 1. The molecule has 0 aliphatic rings.